The number of ether oxygens (including phenoxy) is 2. The summed E-state index contributed by atoms with van der Waals surface area (Å²) in [5.41, 5.74) is 0.559. The molecule has 0 aliphatic heterocycles. The van der Waals surface area contributed by atoms with Crippen molar-refractivity contribution in [3.63, 3.8) is 0 Å². The third kappa shape index (κ3) is 9.09. The third-order valence-electron chi connectivity index (χ3n) is 2.24. The second-order valence-electron chi connectivity index (χ2n) is 3.87. The lowest BCUT2D eigenvalue weighted by Gasteiger charge is -2.16. The highest BCUT2D eigenvalue weighted by Gasteiger charge is 2.08. The highest BCUT2D eigenvalue weighted by Crippen LogP contribution is 1.98. The monoisotopic (exact) mass is 259 g/mol. The molecule has 0 aromatic rings. The van der Waals surface area contributed by atoms with Gasteiger partial charge in [0.15, 0.2) is 0 Å². The fraction of sp³-hybridized carbons (Fsp3) is 0.750. The molecule has 0 atom stereocenters. The minimum atomic E-state index is -0.379. The van der Waals surface area contributed by atoms with E-state index in [1.807, 2.05) is 13.8 Å². The van der Waals surface area contributed by atoms with E-state index in [1.54, 1.807) is 6.92 Å². The molecule has 0 aliphatic carbocycles. The van der Waals surface area contributed by atoms with Crippen LogP contribution in [0.3, 0.4) is 0 Å². The lowest BCUT2D eigenvalue weighted by atomic mass is 10.3. The van der Waals surface area contributed by atoms with Gasteiger partial charge in [-0.15, -0.1) is 0 Å². The number of carbonyl (C=O) groups excluding carboxylic acids is 1. The van der Waals surface area contributed by atoms with Crippen molar-refractivity contribution in [2.75, 3.05) is 19.8 Å². The highest BCUT2D eigenvalue weighted by atomic mass is 28.2. The van der Waals surface area contributed by atoms with Gasteiger partial charge >= 0.3 is 0 Å². The fourth-order valence-corrected chi connectivity index (χ4v) is 3.05. The van der Waals surface area contributed by atoms with Crippen LogP contribution in [-0.4, -0.2) is 41.1 Å². The van der Waals surface area contributed by atoms with Gasteiger partial charge < -0.3 is 14.8 Å². The Morgan fingerprint density at radius 3 is 2.41 bits per heavy atom. The summed E-state index contributed by atoms with van der Waals surface area (Å²) in [6.07, 6.45) is 0.988. The van der Waals surface area contributed by atoms with Gasteiger partial charge in [0, 0.05) is 25.3 Å². The van der Waals surface area contributed by atoms with Crippen molar-refractivity contribution in [1.82, 2.24) is 5.32 Å². The third-order valence-corrected chi connectivity index (χ3v) is 4.10. The highest BCUT2D eigenvalue weighted by molar-refractivity contribution is 6.36. The summed E-state index contributed by atoms with van der Waals surface area (Å²) in [7, 11) is -0.379. The summed E-state index contributed by atoms with van der Waals surface area (Å²) in [6, 6.07) is 1.11. The molecule has 0 unspecified atom stereocenters. The zero-order chi connectivity index (χ0) is 13.1. The minimum Gasteiger partial charge on any atom is -0.357 e. The average Bonchev–Trinajstić information content (AvgIpc) is 2.28. The maximum Gasteiger partial charge on any atom is 0.246 e. The summed E-state index contributed by atoms with van der Waals surface area (Å²) in [4.78, 5) is 11.2. The molecule has 0 rings (SSSR count). The number of rotatable bonds is 10. The van der Waals surface area contributed by atoms with Crippen molar-refractivity contribution in [3.8, 4) is 0 Å². The number of carbonyl (C=O) groups is 1. The first-order valence-electron chi connectivity index (χ1n) is 6.28. The van der Waals surface area contributed by atoms with E-state index in [2.05, 4.69) is 11.9 Å². The molecule has 0 aromatic heterocycles. The number of hydrogen-bond donors (Lipinski definition) is 1. The number of hydrogen-bond acceptors (Lipinski definition) is 3. The quantitative estimate of drug-likeness (QED) is 0.276. The molecule has 5 heteroatoms. The molecule has 1 amide bonds. The molecule has 0 spiro atoms. The van der Waals surface area contributed by atoms with Crippen LogP contribution in [0.15, 0.2) is 12.2 Å². The van der Waals surface area contributed by atoms with Crippen LogP contribution in [-0.2, 0) is 14.3 Å². The van der Waals surface area contributed by atoms with Crippen LogP contribution < -0.4 is 5.32 Å². The van der Waals surface area contributed by atoms with Gasteiger partial charge in [0.05, 0.1) is 9.52 Å². The van der Waals surface area contributed by atoms with Gasteiger partial charge in [-0.3, -0.25) is 4.79 Å². The largest absolute Gasteiger partial charge is 0.357 e. The van der Waals surface area contributed by atoms with E-state index in [4.69, 9.17) is 9.47 Å². The van der Waals surface area contributed by atoms with E-state index < -0.39 is 0 Å². The Morgan fingerprint density at radius 1 is 1.35 bits per heavy atom. The molecular weight excluding hydrogens is 234 g/mol. The normalized spacial score (nSPS) is 11.3. The van der Waals surface area contributed by atoms with Crippen LogP contribution in [0.5, 0.6) is 0 Å². The SMILES string of the molecule is C=C(C)C(=O)NCCC[SiH2]C(OCC)OCC. The van der Waals surface area contributed by atoms with Crippen LogP contribution >= 0.6 is 0 Å². The molecule has 100 valence electrons. The molecule has 0 fully saturated rings. The van der Waals surface area contributed by atoms with Crippen molar-refractivity contribution in [2.24, 2.45) is 0 Å². The maximum absolute atomic E-state index is 11.2. The number of amides is 1. The molecule has 0 saturated carbocycles. The van der Waals surface area contributed by atoms with E-state index >= 15 is 0 Å². The van der Waals surface area contributed by atoms with E-state index in [0.29, 0.717) is 25.3 Å². The first-order valence-corrected chi connectivity index (χ1v) is 8.10. The van der Waals surface area contributed by atoms with E-state index in [1.165, 1.54) is 0 Å². The predicted octanol–water partition coefficient (Wildman–Crippen LogP) is 1.01. The van der Waals surface area contributed by atoms with E-state index in [9.17, 15) is 4.79 Å². The molecule has 0 radical (unpaired) electrons. The van der Waals surface area contributed by atoms with Crippen LogP contribution in [0.1, 0.15) is 27.2 Å². The standard InChI is InChI=1S/C12H25NO3Si/c1-5-15-12(16-6-2)17-9-7-8-13-11(14)10(3)4/h12H,3,5-9,17H2,1-2,4H3,(H,13,14). The maximum atomic E-state index is 11.2. The Hall–Kier alpha value is -0.653. The summed E-state index contributed by atoms with van der Waals surface area (Å²) in [5, 5.41) is 2.82. The van der Waals surface area contributed by atoms with Gasteiger partial charge in [0.25, 0.3) is 0 Å². The van der Waals surface area contributed by atoms with E-state index in [-0.39, 0.29) is 21.3 Å². The van der Waals surface area contributed by atoms with Gasteiger partial charge in [0.1, 0.15) is 5.91 Å². The molecule has 0 aromatic carbocycles. The molecule has 4 nitrogen and oxygen atoms in total. The molecule has 0 aliphatic rings. The van der Waals surface area contributed by atoms with Crippen LogP contribution in [0.2, 0.25) is 6.04 Å². The van der Waals surface area contributed by atoms with Gasteiger partial charge in [-0.1, -0.05) is 12.6 Å². The Balaban J connectivity index is 3.54. The van der Waals surface area contributed by atoms with E-state index in [0.717, 1.165) is 12.5 Å². The van der Waals surface area contributed by atoms with Crippen molar-refractivity contribution < 1.29 is 14.3 Å². The molecule has 1 N–H and O–H groups in total. The second-order valence-corrected chi connectivity index (χ2v) is 5.82. The molecule has 0 saturated heterocycles. The smallest absolute Gasteiger partial charge is 0.246 e. The molecule has 17 heavy (non-hydrogen) atoms. The Kier molecular flexibility index (Phi) is 10.1. The summed E-state index contributed by atoms with van der Waals surface area (Å²) < 4.78 is 11.0. The lowest BCUT2D eigenvalue weighted by molar-refractivity contribution is -0.117. The summed E-state index contributed by atoms with van der Waals surface area (Å²) >= 11 is 0. The Labute approximate surface area is 107 Å². The zero-order valence-electron chi connectivity index (χ0n) is 11.3. The molecular formula is C12H25NO3Si. The van der Waals surface area contributed by atoms with Crippen molar-refractivity contribution >= 4 is 15.4 Å². The average molecular weight is 259 g/mol. The van der Waals surface area contributed by atoms with Crippen molar-refractivity contribution in [1.29, 1.82) is 0 Å². The summed E-state index contributed by atoms with van der Waals surface area (Å²) in [5.74, 6) is -0.0281. The Morgan fingerprint density at radius 2 is 1.94 bits per heavy atom. The number of nitrogens with one attached hydrogen (secondary N) is 1. The zero-order valence-corrected chi connectivity index (χ0v) is 12.7. The second kappa shape index (κ2) is 10.5. The molecule has 0 bridgehead atoms. The predicted molar refractivity (Wildman–Crippen MR) is 72.8 cm³/mol. The van der Waals surface area contributed by atoms with Crippen molar-refractivity contribution in [2.45, 2.75) is 39.1 Å². The summed E-state index contributed by atoms with van der Waals surface area (Å²) in [6.45, 7) is 11.4. The minimum absolute atomic E-state index is 0.0295. The molecule has 0 heterocycles. The van der Waals surface area contributed by atoms with Gasteiger partial charge in [-0.05, 0) is 27.2 Å². The topological polar surface area (TPSA) is 47.6 Å². The van der Waals surface area contributed by atoms with Crippen LogP contribution in [0, 0.1) is 0 Å². The van der Waals surface area contributed by atoms with Gasteiger partial charge in [-0.2, -0.15) is 0 Å². The lowest BCUT2D eigenvalue weighted by Crippen LogP contribution is -2.27. The van der Waals surface area contributed by atoms with Gasteiger partial charge in [0.2, 0.25) is 5.91 Å². The Bertz CT molecular complexity index is 228. The van der Waals surface area contributed by atoms with Crippen LogP contribution in [0.4, 0.5) is 0 Å². The first kappa shape index (κ1) is 16.3. The van der Waals surface area contributed by atoms with Crippen molar-refractivity contribution in [3.05, 3.63) is 12.2 Å². The van der Waals surface area contributed by atoms with Gasteiger partial charge in [-0.25, -0.2) is 0 Å². The fourth-order valence-electron chi connectivity index (χ4n) is 1.38. The van der Waals surface area contributed by atoms with Crippen LogP contribution in [0.25, 0.3) is 0 Å². The first-order chi connectivity index (χ1) is 8.11.